The van der Waals surface area contributed by atoms with Crippen molar-refractivity contribution in [3.63, 3.8) is 0 Å². The lowest BCUT2D eigenvalue weighted by molar-refractivity contribution is 0.0739. The highest BCUT2D eigenvalue weighted by molar-refractivity contribution is 5.75. The van der Waals surface area contributed by atoms with Crippen molar-refractivity contribution in [1.29, 1.82) is 0 Å². The lowest BCUT2D eigenvalue weighted by Crippen LogP contribution is -2.28. The molecule has 21 heavy (non-hydrogen) atoms. The smallest absolute Gasteiger partial charge is 0.230 e. The van der Waals surface area contributed by atoms with Crippen LogP contribution in [0.5, 0.6) is 0 Å². The number of furan rings is 1. The van der Waals surface area contributed by atoms with Gasteiger partial charge in [0.2, 0.25) is 11.0 Å². The van der Waals surface area contributed by atoms with Crippen LogP contribution in [-0.4, -0.2) is 40.0 Å². The van der Waals surface area contributed by atoms with E-state index in [4.69, 9.17) is 18.3 Å². The third kappa shape index (κ3) is 3.65. The fourth-order valence-corrected chi connectivity index (χ4v) is 2.04. The van der Waals surface area contributed by atoms with Gasteiger partial charge in [0.15, 0.2) is 11.5 Å². The normalized spacial score (nSPS) is 11.2. The molecule has 0 aliphatic carbocycles. The van der Waals surface area contributed by atoms with Crippen molar-refractivity contribution >= 4 is 17.1 Å². The molecular weight excluding hydrogens is 274 g/mol. The molecule has 0 unspecified atom stereocenters. The van der Waals surface area contributed by atoms with Gasteiger partial charge in [-0.1, -0.05) is 0 Å². The molecule has 0 radical (unpaired) electrons. The quantitative estimate of drug-likeness (QED) is 0.696. The van der Waals surface area contributed by atoms with E-state index in [2.05, 4.69) is 0 Å². The molecule has 0 atom stereocenters. The monoisotopic (exact) mass is 295 g/mol. The van der Waals surface area contributed by atoms with Gasteiger partial charge in [-0.25, -0.2) is 0 Å². The third-order valence-electron chi connectivity index (χ3n) is 3.23. The van der Waals surface area contributed by atoms with Gasteiger partial charge in [-0.15, -0.1) is 0 Å². The second-order valence-electron chi connectivity index (χ2n) is 4.71. The average molecular weight is 295 g/mol. The second-order valence-corrected chi connectivity index (χ2v) is 4.71. The number of hydrogen-bond donors (Lipinski definition) is 0. The molecule has 6 nitrogen and oxygen atoms in total. The fourth-order valence-electron chi connectivity index (χ4n) is 2.04. The molecule has 0 bridgehead atoms. The van der Waals surface area contributed by atoms with E-state index in [0.717, 1.165) is 12.1 Å². The van der Waals surface area contributed by atoms with Crippen LogP contribution >= 0.6 is 0 Å². The van der Waals surface area contributed by atoms with Crippen LogP contribution < -0.4 is 10.3 Å². The highest BCUT2D eigenvalue weighted by atomic mass is 16.5. The Morgan fingerprint density at radius 2 is 2.05 bits per heavy atom. The summed E-state index contributed by atoms with van der Waals surface area (Å²) in [6.45, 7) is 6.89. The predicted octanol–water partition coefficient (Wildman–Crippen LogP) is 2.18. The summed E-state index contributed by atoms with van der Waals surface area (Å²) in [5, 5.41) is 0. The largest absolute Gasteiger partial charge is 0.456 e. The average Bonchev–Trinajstić information content (AvgIpc) is 2.85. The highest BCUT2D eigenvalue weighted by Gasteiger charge is 2.14. The van der Waals surface area contributed by atoms with E-state index in [-0.39, 0.29) is 11.0 Å². The number of fused-ring (bicyclic) bond motifs is 1. The molecule has 0 aliphatic heterocycles. The molecule has 2 aromatic rings. The van der Waals surface area contributed by atoms with Crippen LogP contribution in [0.25, 0.3) is 11.2 Å². The molecule has 2 aromatic heterocycles. The zero-order valence-corrected chi connectivity index (χ0v) is 12.7. The lowest BCUT2D eigenvalue weighted by Gasteiger charge is -2.21. The first-order chi connectivity index (χ1) is 10.2. The van der Waals surface area contributed by atoms with Gasteiger partial charge in [-0.3, -0.25) is 4.79 Å². The van der Waals surface area contributed by atoms with Crippen LogP contribution in [-0.2, 0) is 9.47 Å². The van der Waals surface area contributed by atoms with Crippen molar-refractivity contribution in [3.8, 4) is 0 Å². The summed E-state index contributed by atoms with van der Waals surface area (Å²) in [5.74, 6) is 0.537. The van der Waals surface area contributed by atoms with Gasteiger partial charge < -0.3 is 23.2 Å². The molecule has 116 valence electrons. The SMILES string of the molecule is CCN(CCOCCOC)c1cc(=O)c2occ(C)c2o1. The molecular formula is C15H21NO5. The standard InChI is InChI=1S/C15H21NO5/c1-4-16(5-6-19-8-7-18-3)13-9-12(17)15-14(21-13)11(2)10-20-15/h9-10H,4-8H2,1-3H3. The Labute approximate surface area is 123 Å². The van der Waals surface area contributed by atoms with Crippen LogP contribution in [0.1, 0.15) is 12.5 Å². The Morgan fingerprint density at radius 3 is 2.76 bits per heavy atom. The summed E-state index contributed by atoms with van der Waals surface area (Å²) in [6.07, 6.45) is 1.53. The number of hydrogen-bond acceptors (Lipinski definition) is 6. The van der Waals surface area contributed by atoms with E-state index in [0.29, 0.717) is 37.8 Å². The second kappa shape index (κ2) is 7.28. The van der Waals surface area contributed by atoms with Crippen molar-refractivity contribution in [2.75, 3.05) is 44.9 Å². The van der Waals surface area contributed by atoms with Gasteiger partial charge in [-0.05, 0) is 13.8 Å². The topological polar surface area (TPSA) is 65.1 Å². The van der Waals surface area contributed by atoms with Crippen LogP contribution in [0.2, 0.25) is 0 Å². The Kier molecular flexibility index (Phi) is 5.41. The highest BCUT2D eigenvalue weighted by Crippen LogP contribution is 2.22. The molecule has 0 aromatic carbocycles. The first kappa shape index (κ1) is 15.6. The van der Waals surface area contributed by atoms with Gasteiger partial charge in [0.25, 0.3) is 0 Å². The minimum atomic E-state index is -0.168. The molecule has 0 aliphatic rings. The van der Waals surface area contributed by atoms with Crippen molar-refractivity contribution in [1.82, 2.24) is 0 Å². The van der Waals surface area contributed by atoms with Crippen molar-refractivity contribution in [2.24, 2.45) is 0 Å². The summed E-state index contributed by atoms with van der Waals surface area (Å²) in [6, 6.07) is 1.46. The van der Waals surface area contributed by atoms with Crippen molar-refractivity contribution in [3.05, 3.63) is 28.1 Å². The summed E-state index contributed by atoms with van der Waals surface area (Å²) < 4.78 is 21.4. The van der Waals surface area contributed by atoms with E-state index < -0.39 is 0 Å². The van der Waals surface area contributed by atoms with E-state index in [1.807, 2.05) is 18.7 Å². The minimum Gasteiger partial charge on any atom is -0.456 e. The molecule has 0 saturated carbocycles. The molecule has 0 amide bonds. The van der Waals surface area contributed by atoms with E-state index in [1.54, 1.807) is 7.11 Å². The predicted molar refractivity (Wildman–Crippen MR) is 80.1 cm³/mol. The third-order valence-corrected chi connectivity index (χ3v) is 3.23. The maximum atomic E-state index is 12.0. The van der Waals surface area contributed by atoms with E-state index >= 15 is 0 Å². The number of rotatable bonds is 8. The van der Waals surface area contributed by atoms with Crippen LogP contribution in [0, 0.1) is 6.92 Å². The number of methoxy groups -OCH3 is 1. The number of anilines is 1. The molecule has 0 spiro atoms. The van der Waals surface area contributed by atoms with Gasteiger partial charge in [-0.2, -0.15) is 0 Å². The van der Waals surface area contributed by atoms with Crippen molar-refractivity contribution < 1.29 is 18.3 Å². The molecule has 2 rings (SSSR count). The Bertz CT molecular complexity index is 631. The molecule has 6 heteroatoms. The molecule has 0 saturated heterocycles. The molecule has 0 N–H and O–H groups in total. The molecule has 0 fully saturated rings. The van der Waals surface area contributed by atoms with Gasteiger partial charge >= 0.3 is 0 Å². The number of nitrogens with zero attached hydrogens (tertiary/aromatic N) is 1. The fraction of sp³-hybridized carbons (Fsp3) is 0.533. The lowest BCUT2D eigenvalue weighted by atomic mass is 10.3. The van der Waals surface area contributed by atoms with Crippen LogP contribution in [0.15, 0.2) is 26.0 Å². The summed E-state index contributed by atoms with van der Waals surface area (Å²) in [5.41, 5.74) is 1.43. The van der Waals surface area contributed by atoms with Crippen molar-refractivity contribution in [2.45, 2.75) is 13.8 Å². The Balaban J connectivity index is 2.10. The first-order valence-electron chi connectivity index (χ1n) is 7.01. The number of ether oxygens (including phenoxy) is 2. The minimum absolute atomic E-state index is 0.168. The zero-order valence-electron chi connectivity index (χ0n) is 12.7. The zero-order chi connectivity index (χ0) is 15.2. The van der Waals surface area contributed by atoms with E-state index in [1.165, 1.54) is 12.3 Å². The van der Waals surface area contributed by atoms with Gasteiger partial charge in [0.1, 0.15) is 0 Å². The Morgan fingerprint density at radius 1 is 1.24 bits per heavy atom. The summed E-state index contributed by atoms with van der Waals surface area (Å²) in [4.78, 5) is 14.0. The van der Waals surface area contributed by atoms with E-state index in [9.17, 15) is 4.79 Å². The van der Waals surface area contributed by atoms with Gasteiger partial charge in [0, 0.05) is 25.8 Å². The first-order valence-corrected chi connectivity index (χ1v) is 7.01. The maximum absolute atomic E-state index is 12.0. The summed E-state index contributed by atoms with van der Waals surface area (Å²) >= 11 is 0. The molecule has 2 heterocycles. The van der Waals surface area contributed by atoms with Gasteiger partial charge in [0.05, 0.1) is 32.2 Å². The maximum Gasteiger partial charge on any atom is 0.230 e. The summed E-state index contributed by atoms with van der Waals surface area (Å²) in [7, 11) is 1.64. The van der Waals surface area contributed by atoms with Crippen LogP contribution in [0.3, 0.4) is 0 Å². The van der Waals surface area contributed by atoms with Crippen LogP contribution in [0.4, 0.5) is 5.88 Å². The Hall–Kier alpha value is -1.79. The number of likely N-dealkylation sites (N-methyl/N-ethyl adjacent to an activating group) is 1. The number of aryl methyl sites for hydroxylation is 1.